The van der Waals surface area contributed by atoms with Crippen LogP contribution in [0, 0.1) is 5.41 Å². The van der Waals surface area contributed by atoms with Crippen molar-refractivity contribution < 1.29 is 14.7 Å². The zero-order valence-electron chi connectivity index (χ0n) is 13.5. The van der Waals surface area contributed by atoms with Crippen LogP contribution in [0.3, 0.4) is 0 Å². The summed E-state index contributed by atoms with van der Waals surface area (Å²) < 4.78 is 1.88. The van der Waals surface area contributed by atoms with Gasteiger partial charge in [-0.1, -0.05) is 26.7 Å². The summed E-state index contributed by atoms with van der Waals surface area (Å²) in [4.78, 5) is 27.9. The van der Waals surface area contributed by atoms with Crippen LogP contribution < -0.4 is 0 Å². The van der Waals surface area contributed by atoms with Crippen molar-refractivity contribution >= 4 is 36.0 Å². The maximum Gasteiger partial charge on any atom is 0.337 e. The number of aromatic carboxylic acids is 1. The molecule has 1 amide bonds. The first-order valence-corrected chi connectivity index (χ1v) is 9.11. The van der Waals surface area contributed by atoms with E-state index in [0.717, 1.165) is 29.7 Å². The summed E-state index contributed by atoms with van der Waals surface area (Å²) in [7, 11) is 0. The predicted octanol–water partition coefficient (Wildman–Crippen LogP) is 2.56. The van der Waals surface area contributed by atoms with Crippen molar-refractivity contribution in [2.24, 2.45) is 5.41 Å². The van der Waals surface area contributed by atoms with Gasteiger partial charge in [-0.2, -0.15) is 0 Å². The summed E-state index contributed by atoms with van der Waals surface area (Å²) in [6.07, 6.45) is 2.63. The molecule has 1 N–H and O–H groups in total. The summed E-state index contributed by atoms with van der Waals surface area (Å²) >= 11 is 5.68. The first-order chi connectivity index (χ1) is 10.8. The molecule has 2 aliphatic rings. The van der Waals surface area contributed by atoms with Crippen LogP contribution in [0.15, 0.2) is 0 Å². The zero-order valence-corrected chi connectivity index (χ0v) is 15.2. The van der Waals surface area contributed by atoms with Crippen molar-refractivity contribution in [2.75, 3.05) is 26.2 Å². The van der Waals surface area contributed by atoms with Gasteiger partial charge in [-0.05, 0) is 30.2 Å². The van der Waals surface area contributed by atoms with E-state index in [0.29, 0.717) is 31.1 Å². The third kappa shape index (κ3) is 3.27. The number of piperazine rings is 1. The molecule has 0 bridgehead atoms. The molecule has 0 saturated carbocycles. The Labute approximate surface area is 145 Å². The van der Waals surface area contributed by atoms with Gasteiger partial charge in [-0.3, -0.25) is 4.79 Å². The fourth-order valence-electron chi connectivity index (χ4n) is 3.34. The van der Waals surface area contributed by atoms with Gasteiger partial charge in [0, 0.05) is 31.1 Å². The molecule has 7 heteroatoms. The number of carbonyl (C=O) groups excluding carboxylic acids is 1. The van der Waals surface area contributed by atoms with E-state index >= 15 is 0 Å². The molecule has 0 atom stereocenters. The predicted molar refractivity (Wildman–Crippen MR) is 93.5 cm³/mol. The number of aryl methyl sites for hydroxylation is 1. The van der Waals surface area contributed by atoms with Crippen molar-refractivity contribution in [3.63, 3.8) is 0 Å². The highest BCUT2D eigenvalue weighted by Gasteiger charge is 2.35. The average Bonchev–Trinajstić information content (AvgIpc) is 2.84. The number of thiophene rings is 1. The third-order valence-corrected chi connectivity index (χ3v) is 6.41. The van der Waals surface area contributed by atoms with Gasteiger partial charge in [0.2, 0.25) is 0 Å². The van der Waals surface area contributed by atoms with E-state index in [4.69, 9.17) is 0 Å². The highest BCUT2D eigenvalue weighted by atomic mass is 32.1. The quantitative estimate of drug-likeness (QED) is 0.802. The van der Waals surface area contributed by atoms with Gasteiger partial charge < -0.3 is 10.0 Å². The van der Waals surface area contributed by atoms with E-state index in [9.17, 15) is 14.7 Å². The fourth-order valence-corrected chi connectivity index (χ4v) is 4.80. The molecule has 126 valence electrons. The molecule has 1 aromatic rings. The van der Waals surface area contributed by atoms with Gasteiger partial charge in [0.05, 0.1) is 5.56 Å². The molecule has 0 unspecified atom stereocenters. The summed E-state index contributed by atoms with van der Waals surface area (Å²) in [6.45, 7) is 6.91. The minimum Gasteiger partial charge on any atom is -0.478 e. The average molecular weight is 354 g/mol. The van der Waals surface area contributed by atoms with Crippen LogP contribution in [0.5, 0.6) is 0 Å². The Bertz CT molecular complexity index is 646. The fraction of sp³-hybridized carbons (Fsp3) is 0.625. The van der Waals surface area contributed by atoms with Crippen LogP contribution in [-0.4, -0.2) is 52.4 Å². The van der Waals surface area contributed by atoms with Crippen molar-refractivity contribution in [1.29, 1.82) is 0 Å². The minimum atomic E-state index is -0.976. The van der Waals surface area contributed by atoms with Crippen LogP contribution in [-0.2, 0) is 12.8 Å². The molecule has 1 saturated heterocycles. The molecular formula is C16H22N2O3S2. The normalized spacial score (nSPS) is 21.1. The third-order valence-electron chi connectivity index (χ3n) is 4.73. The molecule has 1 aliphatic heterocycles. The second kappa shape index (κ2) is 6.11. The monoisotopic (exact) mass is 354 g/mol. The molecule has 5 nitrogen and oxygen atoms in total. The number of hydrogen-bond donors (Lipinski definition) is 2. The van der Waals surface area contributed by atoms with Crippen molar-refractivity contribution in [2.45, 2.75) is 33.1 Å². The summed E-state index contributed by atoms with van der Waals surface area (Å²) in [5.74, 6) is -1.11. The largest absolute Gasteiger partial charge is 0.478 e. The van der Waals surface area contributed by atoms with Gasteiger partial charge in [0.25, 0.3) is 5.91 Å². The smallest absolute Gasteiger partial charge is 0.337 e. The lowest BCUT2D eigenvalue weighted by Gasteiger charge is -2.31. The number of fused-ring (bicyclic) bond motifs is 1. The summed E-state index contributed by atoms with van der Waals surface area (Å²) in [5.41, 5.74) is 1.22. The number of rotatable bonds is 2. The van der Waals surface area contributed by atoms with Crippen LogP contribution in [0.4, 0.5) is 0 Å². The summed E-state index contributed by atoms with van der Waals surface area (Å²) in [5, 5.41) is 9.69. The van der Waals surface area contributed by atoms with Gasteiger partial charge in [-0.25, -0.2) is 9.10 Å². The highest BCUT2D eigenvalue weighted by molar-refractivity contribution is 7.77. The number of thiol groups is 1. The van der Waals surface area contributed by atoms with Crippen LogP contribution in [0.25, 0.3) is 0 Å². The number of amides is 1. The van der Waals surface area contributed by atoms with E-state index in [-0.39, 0.29) is 16.9 Å². The Balaban J connectivity index is 1.95. The second-order valence-corrected chi connectivity index (χ2v) is 8.77. The van der Waals surface area contributed by atoms with Crippen LogP contribution >= 0.6 is 24.2 Å². The lowest BCUT2D eigenvalue weighted by atomic mass is 9.76. The van der Waals surface area contributed by atoms with E-state index in [2.05, 4.69) is 26.7 Å². The molecule has 0 aromatic carbocycles. The molecule has 23 heavy (non-hydrogen) atoms. The highest BCUT2D eigenvalue weighted by Crippen LogP contribution is 2.42. The molecule has 3 rings (SSSR count). The molecular weight excluding hydrogens is 332 g/mol. The Morgan fingerprint density at radius 1 is 1.22 bits per heavy atom. The van der Waals surface area contributed by atoms with E-state index in [1.54, 1.807) is 4.90 Å². The molecule has 1 aromatic heterocycles. The minimum absolute atomic E-state index is 0.0935. The van der Waals surface area contributed by atoms with Gasteiger partial charge >= 0.3 is 5.97 Å². The zero-order chi connectivity index (χ0) is 16.8. The van der Waals surface area contributed by atoms with Crippen molar-refractivity contribution in [1.82, 2.24) is 9.21 Å². The Hall–Kier alpha value is -1.05. The van der Waals surface area contributed by atoms with Crippen molar-refractivity contribution in [3.05, 3.63) is 20.9 Å². The molecule has 0 spiro atoms. The summed E-state index contributed by atoms with van der Waals surface area (Å²) in [6, 6.07) is 0. The number of hydrogen-bond acceptors (Lipinski definition) is 5. The standard InChI is InChI=1S/C16H22N2O3S2/c1-16(2)4-3-11-10(9-16)12(15(20)21)13(23-11)14(19)17-5-7-18(22)8-6-17/h22H,3-9H2,1-2H3,(H,20,21). The molecule has 1 fully saturated rings. The van der Waals surface area contributed by atoms with Gasteiger partial charge in [0.1, 0.15) is 4.88 Å². The molecule has 0 radical (unpaired) electrons. The van der Waals surface area contributed by atoms with E-state index < -0.39 is 5.97 Å². The van der Waals surface area contributed by atoms with Crippen molar-refractivity contribution in [3.8, 4) is 0 Å². The van der Waals surface area contributed by atoms with Gasteiger partial charge in [0.15, 0.2) is 0 Å². The molecule has 2 heterocycles. The number of carbonyl (C=O) groups is 2. The lowest BCUT2D eigenvalue weighted by Crippen LogP contribution is -2.45. The first kappa shape index (κ1) is 16.8. The Morgan fingerprint density at radius 2 is 1.87 bits per heavy atom. The lowest BCUT2D eigenvalue weighted by molar-refractivity contribution is 0.0661. The van der Waals surface area contributed by atoms with Crippen LogP contribution in [0.2, 0.25) is 0 Å². The van der Waals surface area contributed by atoms with E-state index in [1.165, 1.54) is 11.3 Å². The first-order valence-electron chi connectivity index (χ1n) is 7.89. The van der Waals surface area contributed by atoms with Gasteiger partial charge in [-0.15, -0.1) is 11.3 Å². The Morgan fingerprint density at radius 3 is 2.48 bits per heavy atom. The second-order valence-electron chi connectivity index (χ2n) is 7.10. The molecule has 1 aliphatic carbocycles. The topological polar surface area (TPSA) is 60.9 Å². The van der Waals surface area contributed by atoms with E-state index in [1.807, 2.05) is 4.31 Å². The van der Waals surface area contributed by atoms with Crippen LogP contribution in [0.1, 0.15) is 50.7 Å². The number of carboxylic acid groups (broad SMARTS) is 1. The number of carboxylic acids is 1. The maximum absolute atomic E-state index is 12.8. The maximum atomic E-state index is 12.8. The SMILES string of the molecule is CC1(C)CCc2sc(C(=O)N3CCN(S)CC3)c(C(=O)O)c2C1. The Kier molecular flexibility index (Phi) is 4.46. The number of nitrogens with zero attached hydrogens (tertiary/aromatic N) is 2.